The van der Waals surface area contributed by atoms with Gasteiger partial charge in [0.25, 0.3) is 0 Å². The molecule has 2 heteroatoms. The fourth-order valence-electron chi connectivity index (χ4n) is 1.96. The second-order valence-corrected chi connectivity index (χ2v) is 4.57. The van der Waals surface area contributed by atoms with E-state index < -0.39 is 0 Å². The van der Waals surface area contributed by atoms with Crippen molar-refractivity contribution in [1.82, 2.24) is 0 Å². The Bertz CT molecular complexity index is 550. The highest BCUT2D eigenvalue weighted by molar-refractivity contribution is 6.04. The Kier molecular flexibility index (Phi) is 2.56. The van der Waals surface area contributed by atoms with Crippen molar-refractivity contribution in [2.24, 2.45) is 5.92 Å². The van der Waals surface area contributed by atoms with Crippen molar-refractivity contribution in [2.45, 2.75) is 12.8 Å². The third kappa shape index (κ3) is 2.16. The Hall–Kier alpha value is -1.83. The van der Waals surface area contributed by atoms with Crippen LogP contribution in [0.5, 0.6) is 0 Å². The summed E-state index contributed by atoms with van der Waals surface area (Å²) in [6, 6.07) is 13.6. The van der Waals surface area contributed by atoms with Gasteiger partial charge in [0.15, 0.2) is 0 Å². The van der Waals surface area contributed by atoms with Gasteiger partial charge in [-0.1, -0.05) is 36.4 Å². The van der Waals surface area contributed by atoms with Crippen LogP contribution < -0.4 is 0 Å². The summed E-state index contributed by atoms with van der Waals surface area (Å²) >= 11 is 0. The molecule has 3 rings (SSSR count). The molecule has 1 saturated carbocycles. The molecule has 0 amide bonds. The van der Waals surface area contributed by atoms with Gasteiger partial charge in [-0.25, -0.2) is 4.79 Å². The van der Waals surface area contributed by atoms with Crippen molar-refractivity contribution < 1.29 is 9.53 Å². The number of carbonyl (C=O) groups is 1. The summed E-state index contributed by atoms with van der Waals surface area (Å²) in [5.41, 5.74) is 0.670. The number of hydrogen-bond donors (Lipinski definition) is 0. The summed E-state index contributed by atoms with van der Waals surface area (Å²) in [5.74, 6) is 0.405. The Morgan fingerprint density at radius 1 is 1.12 bits per heavy atom. The van der Waals surface area contributed by atoms with Crippen LogP contribution in [0.1, 0.15) is 23.2 Å². The van der Waals surface area contributed by atoms with Gasteiger partial charge < -0.3 is 4.74 Å². The van der Waals surface area contributed by atoms with Crippen molar-refractivity contribution in [3.05, 3.63) is 48.0 Å². The highest BCUT2D eigenvalue weighted by Crippen LogP contribution is 2.29. The SMILES string of the molecule is O=C(OCC1CC1)c1cccc2ccccc12. The van der Waals surface area contributed by atoms with E-state index in [1.165, 1.54) is 12.8 Å². The zero-order valence-electron chi connectivity index (χ0n) is 9.56. The first kappa shape index (κ1) is 10.3. The van der Waals surface area contributed by atoms with Gasteiger partial charge in [0.05, 0.1) is 12.2 Å². The van der Waals surface area contributed by atoms with Gasteiger partial charge in [0, 0.05) is 0 Å². The Balaban J connectivity index is 1.89. The summed E-state index contributed by atoms with van der Waals surface area (Å²) in [6.45, 7) is 0.571. The quantitative estimate of drug-likeness (QED) is 0.750. The van der Waals surface area contributed by atoms with E-state index in [4.69, 9.17) is 4.74 Å². The van der Waals surface area contributed by atoms with Gasteiger partial charge >= 0.3 is 5.97 Å². The number of rotatable bonds is 3. The van der Waals surface area contributed by atoms with E-state index in [9.17, 15) is 4.79 Å². The maximum atomic E-state index is 12.0. The van der Waals surface area contributed by atoms with Crippen LogP contribution in [0.3, 0.4) is 0 Å². The smallest absolute Gasteiger partial charge is 0.338 e. The van der Waals surface area contributed by atoms with Crippen LogP contribution in [-0.4, -0.2) is 12.6 Å². The van der Waals surface area contributed by atoms with Crippen LogP contribution in [0.4, 0.5) is 0 Å². The van der Waals surface area contributed by atoms with Crippen LogP contribution in [0.25, 0.3) is 10.8 Å². The number of benzene rings is 2. The molecule has 1 aliphatic carbocycles. The van der Waals surface area contributed by atoms with E-state index in [1.54, 1.807) is 0 Å². The lowest BCUT2D eigenvalue weighted by Gasteiger charge is -2.06. The van der Waals surface area contributed by atoms with Crippen molar-refractivity contribution >= 4 is 16.7 Å². The van der Waals surface area contributed by atoms with Crippen molar-refractivity contribution in [3.63, 3.8) is 0 Å². The van der Waals surface area contributed by atoms with Crippen molar-refractivity contribution in [2.75, 3.05) is 6.61 Å². The van der Waals surface area contributed by atoms with Crippen molar-refractivity contribution in [1.29, 1.82) is 0 Å². The molecule has 2 nitrogen and oxygen atoms in total. The molecule has 0 unspecified atom stereocenters. The largest absolute Gasteiger partial charge is 0.462 e. The minimum absolute atomic E-state index is 0.200. The van der Waals surface area contributed by atoms with E-state index in [0.29, 0.717) is 18.1 Å². The molecule has 1 fully saturated rings. The second kappa shape index (κ2) is 4.21. The minimum Gasteiger partial charge on any atom is -0.462 e. The molecule has 2 aromatic rings. The molecule has 2 aromatic carbocycles. The van der Waals surface area contributed by atoms with Gasteiger partial charge in [0.2, 0.25) is 0 Å². The number of fused-ring (bicyclic) bond motifs is 1. The topological polar surface area (TPSA) is 26.3 Å². The maximum Gasteiger partial charge on any atom is 0.338 e. The monoisotopic (exact) mass is 226 g/mol. The van der Waals surface area contributed by atoms with Crippen LogP contribution in [-0.2, 0) is 4.74 Å². The van der Waals surface area contributed by atoms with Crippen LogP contribution in [0, 0.1) is 5.92 Å². The average Bonchev–Trinajstić information content (AvgIpc) is 3.19. The van der Waals surface area contributed by atoms with Crippen molar-refractivity contribution in [3.8, 4) is 0 Å². The standard InChI is InChI=1S/C15H14O2/c16-15(17-10-11-8-9-11)14-7-3-5-12-4-1-2-6-13(12)14/h1-7,11H,8-10H2. The highest BCUT2D eigenvalue weighted by Gasteiger charge is 2.23. The summed E-state index contributed by atoms with van der Waals surface area (Å²) < 4.78 is 5.32. The summed E-state index contributed by atoms with van der Waals surface area (Å²) in [5, 5.41) is 2.05. The molecule has 1 aliphatic rings. The van der Waals surface area contributed by atoms with E-state index in [2.05, 4.69) is 0 Å². The summed E-state index contributed by atoms with van der Waals surface area (Å²) in [7, 11) is 0. The lowest BCUT2D eigenvalue weighted by molar-refractivity contribution is 0.0488. The zero-order chi connectivity index (χ0) is 11.7. The Morgan fingerprint density at radius 2 is 1.88 bits per heavy atom. The van der Waals surface area contributed by atoms with E-state index in [0.717, 1.165) is 10.8 Å². The molecule has 0 aliphatic heterocycles. The minimum atomic E-state index is -0.200. The molecular formula is C15H14O2. The van der Waals surface area contributed by atoms with Gasteiger partial charge in [0.1, 0.15) is 0 Å². The lowest BCUT2D eigenvalue weighted by atomic mass is 10.1. The van der Waals surface area contributed by atoms with Gasteiger partial charge in [-0.05, 0) is 35.6 Å². The van der Waals surface area contributed by atoms with Crippen LogP contribution in [0.2, 0.25) is 0 Å². The molecule has 0 bridgehead atoms. The van der Waals surface area contributed by atoms with E-state index in [-0.39, 0.29) is 5.97 Å². The molecule has 17 heavy (non-hydrogen) atoms. The molecule has 0 aromatic heterocycles. The van der Waals surface area contributed by atoms with Gasteiger partial charge in [-0.2, -0.15) is 0 Å². The molecule has 0 heterocycles. The average molecular weight is 226 g/mol. The Labute approximate surface area is 100 Å². The predicted molar refractivity (Wildman–Crippen MR) is 67.0 cm³/mol. The first-order chi connectivity index (χ1) is 8.34. The molecule has 0 N–H and O–H groups in total. The number of esters is 1. The second-order valence-electron chi connectivity index (χ2n) is 4.57. The van der Waals surface area contributed by atoms with Gasteiger partial charge in [-0.15, -0.1) is 0 Å². The fraction of sp³-hybridized carbons (Fsp3) is 0.267. The molecule has 0 spiro atoms. The molecular weight excluding hydrogens is 212 g/mol. The number of carbonyl (C=O) groups excluding carboxylic acids is 1. The zero-order valence-corrected chi connectivity index (χ0v) is 9.56. The Morgan fingerprint density at radius 3 is 2.71 bits per heavy atom. The summed E-state index contributed by atoms with van der Waals surface area (Å²) in [6.07, 6.45) is 2.39. The molecule has 0 saturated heterocycles. The van der Waals surface area contributed by atoms with Gasteiger partial charge in [-0.3, -0.25) is 0 Å². The number of ether oxygens (including phenoxy) is 1. The fourth-order valence-corrected chi connectivity index (χ4v) is 1.96. The van der Waals surface area contributed by atoms with Crippen LogP contribution >= 0.6 is 0 Å². The molecule has 86 valence electrons. The third-order valence-electron chi connectivity index (χ3n) is 3.16. The number of hydrogen-bond acceptors (Lipinski definition) is 2. The normalized spacial score (nSPS) is 14.8. The van der Waals surface area contributed by atoms with Crippen LogP contribution in [0.15, 0.2) is 42.5 Å². The highest BCUT2D eigenvalue weighted by atomic mass is 16.5. The maximum absolute atomic E-state index is 12.0. The van der Waals surface area contributed by atoms with E-state index >= 15 is 0 Å². The van der Waals surface area contributed by atoms with E-state index in [1.807, 2.05) is 42.5 Å². The third-order valence-corrected chi connectivity index (χ3v) is 3.16. The first-order valence-corrected chi connectivity index (χ1v) is 5.99. The lowest BCUT2D eigenvalue weighted by Crippen LogP contribution is -2.07. The molecule has 0 atom stereocenters. The first-order valence-electron chi connectivity index (χ1n) is 5.99. The molecule has 0 radical (unpaired) electrons. The predicted octanol–water partition coefficient (Wildman–Crippen LogP) is 3.41. The summed E-state index contributed by atoms with van der Waals surface area (Å²) in [4.78, 5) is 12.0.